The van der Waals surface area contributed by atoms with Crippen molar-refractivity contribution in [3.63, 3.8) is 0 Å². The Kier molecular flexibility index (Phi) is 4.08. The molecule has 0 aliphatic carbocycles. The number of fused-ring (bicyclic) bond motifs is 1. The minimum Gasteiger partial charge on any atom is -0.508 e. The van der Waals surface area contributed by atoms with Crippen LogP contribution in [0.3, 0.4) is 0 Å². The van der Waals surface area contributed by atoms with E-state index in [-0.39, 0.29) is 18.3 Å². The van der Waals surface area contributed by atoms with Crippen LogP contribution < -0.4 is 15.0 Å². The minimum absolute atomic E-state index is 0.0791. The summed E-state index contributed by atoms with van der Waals surface area (Å²) in [5.74, 6) is 0.511. The number of carbonyl (C=O) groups excluding carboxylic acids is 1. The van der Waals surface area contributed by atoms with Crippen molar-refractivity contribution in [3.05, 3.63) is 35.9 Å². The second-order valence-corrected chi connectivity index (χ2v) is 6.64. The van der Waals surface area contributed by atoms with Crippen molar-refractivity contribution in [3.8, 4) is 22.6 Å². The molecule has 6 nitrogen and oxygen atoms in total. The van der Waals surface area contributed by atoms with E-state index in [9.17, 15) is 15.0 Å². The average Bonchev–Trinajstić information content (AvgIpc) is 2.58. The van der Waals surface area contributed by atoms with Gasteiger partial charge in [-0.2, -0.15) is 0 Å². The molecule has 0 atom stereocenters. The van der Waals surface area contributed by atoms with Crippen molar-refractivity contribution in [1.82, 2.24) is 0 Å². The number of rotatable bonds is 3. The normalized spacial score (nSPS) is 15.6. The van der Waals surface area contributed by atoms with Gasteiger partial charge in [0.1, 0.15) is 17.0 Å². The number of hydrogen-bond acceptors (Lipinski definition) is 5. The Hall–Kier alpha value is -2.73. The Balaban J connectivity index is 2.25. The fourth-order valence-electron chi connectivity index (χ4n) is 3.35. The Morgan fingerprint density at radius 3 is 2.52 bits per heavy atom. The van der Waals surface area contributed by atoms with E-state index in [2.05, 4.69) is 5.32 Å². The van der Waals surface area contributed by atoms with Gasteiger partial charge >= 0.3 is 0 Å². The van der Waals surface area contributed by atoms with Crippen LogP contribution in [0.1, 0.15) is 19.4 Å². The number of carbonyl (C=O) groups is 1. The number of methoxy groups -OCH3 is 1. The van der Waals surface area contributed by atoms with Crippen LogP contribution in [-0.2, 0) is 11.4 Å². The Labute approximate surface area is 146 Å². The molecule has 0 unspecified atom stereocenters. The number of hydrogen-bond donors (Lipinski definition) is 3. The monoisotopic (exact) mass is 342 g/mol. The van der Waals surface area contributed by atoms with E-state index in [1.165, 1.54) is 13.2 Å². The molecule has 6 heteroatoms. The Bertz CT molecular complexity index is 846. The molecular formula is C19H22N2O4. The minimum atomic E-state index is -0.716. The van der Waals surface area contributed by atoms with Gasteiger partial charge in [-0.05, 0) is 37.6 Å². The van der Waals surface area contributed by atoms with Gasteiger partial charge in [0.2, 0.25) is 0 Å². The highest BCUT2D eigenvalue weighted by atomic mass is 16.5. The molecule has 1 aliphatic rings. The molecule has 0 saturated carbocycles. The summed E-state index contributed by atoms with van der Waals surface area (Å²) in [5.41, 5.74) is 2.83. The molecule has 0 spiro atoms. The summed E-state index contributed by atoms with van der Waals surface area (Å²) in [7, 11) is 3.23. The second-order valence-electron chi connectivity index (χ2n) is 6.64. The number of aliphatic hydroxyl groups excluding tert-OH is 1. The van der Waals surface area contributed by atoms with E-state index in [0.717, 1.165) is 16.8 Å². The van der Waals surface area contributed by atoms with E-state index >= 15 is 0 Å². The van der Waals surface area contributed by atoms with Crippen molar-refractivity contribution < 1.29 is 19.7 Å². The van der Waals surface area contributed by atoms with Gasteiger partial charge in [0, 0.05) is 24.2 Å². The molecule has 2 aromatic carbocycles. The van der Waals surface area contributed by atoms with Crippen LogP contribution in [0, 0.1) is 0 Å². The van der Waals surface area contributed by atoms with Gasteiger partial charge in [-0.1, -0.05) is 6.07 Å². The molecule has 3 rings (SSSR count). The van der Waals surface area contributed by atoms with Crippen molar-refractivity contribution in [2.45, 2.75) is 26.0 Å². The maximum Gasteiger partial charge on any atom is 0.251 e. The van der Waals surface area contributed by atoms with E-state index in [0.29, 0.717) is 17.0 Å². The SMILES string of the molecule is COc1cc(O)ccc1-c1ccc2c(c1CO)N(C)C(=O)C(C)(C)N2. The zero-order valence-electron chi connectivity index (χ0n) is 14.8. The summed E-state index contributed by atoms with van der Waals surface area (Å²) in [6, 6.07) is 8.59. The molecule has 1 heterocycles. The summed E-state index contributed by atoms with van der Waals surface area (Å²) in [6.07, 6.45) is 0. The number of nitrogens with zero attached hydrogens (tertiary/aromatic N) is 1. The van der Waals surface area contributed by atoms with Crippen LogP contribution in [0.25, 0.3) is 11.1 Å². The third-order valence-corrected chi connectivity index (χ3v) is 4.54. The number of likely N-dealkylation sites (N-methyl/N-ethyl adjacent to an activating group) is 1. The van der Waals surface area contributed by atoms with Gasteiger partial charge in [-0.15, -0.1) is 0 Å². The maximum absolute atomic E-state index is 12.6. The zero-order valence-corrected chi connectivity index (χ0v) is 14.8. The number of amides is 1. The van der Waals surface area contributed by atoms with Crippen LogP contribution in [0.15, 0.2) is 30.3 Å². The van der Waals surface area contributed by atoms with E-state index in [1.807, 2.05) is 26.0 Å². The molecule has 3 N–H and O–H groups in total. The summed E-state index contributed by atoms with van der Waals surface area (Å²) >= 11 is 0. The molecule has 2 aromatic rings. The van der Waals surface area contributed by atoms with Crippen molar-refractivity contribution >= 4 is 17.3 Å². The molecule has 0 radical (unpaired) electrons. The van der Waals surface area contributed by atoms with Gasteiger partial charge in [0.15, 0.2) is 0 Å². The topological polar surface area (TPSA) is 82.0 Å². The van der Waals surface area contributed by atoms with Gasteiger partial charge < -0.3 is 25.2 Å². The van der Waals surface area contributed by atoms with Crippen LogP contribution in [0.4, 0.5) is 11.4 Å². The predicted molar refractivity (Wildman–Crippen MR) is 97.1 cm³/mol. The highest BCUT2D eigenvalue weighted by molar-refractivity contribution is 6.08. The number of ether oxygens (including phenoxy) is 1. The van der Waals surface area contributed by atoms with E-state index < -0.39 is 5.54 Å². The fraction of sp³-hybridized carbons (Fsp3) is 0.316. The lowest BCUT2D eigenvalue weighted by molar-refractivity contribution is -0.121. The van der Waals surface area contributed by atoms with Crippen LogP contribution >= 0.6 is 0 Å². The standard InChI is InChI=1S/C19H22N2O4/c1-19(2)18(24)21(3)17-14(10-22)12(7-8-15(17)20-19)13-6-5-11(23)9-16(13)25-4/h5-9,20,22-23H,10H2,1-4H3. The predicted octanol–water partition coefficient (Wildman–Crippen LogP) is 2.73. The van der Waals surface area contributed by atoms with Gasteiger partial charge in [-0.3, -0.25) is 4.79 Å². The average molecular weight is 342 g/mol. The number of phenols is 1. The smallest absolute Gasteiger partial charge is 0.251 e. The molecule has 1 amide bonds. The number of aromatic hydroxyl groups is 1. The van der Waals surface area contributed by atoms with Crippen LogP contribution in [-0.4, -0.2) is 35.8 Å². The van der Waals surface area contributed by atoms with Crippen molar-refractivity contribution in [2.24, 2.45) is 0 Å². The van der Waals surface area contributed by atoms with Crippen molar-refractivity contribution in [1.29, 1.82) is 0 Å². The highest BCUT2D eigenvalue weighted by Gasteiger charge is 2.38. The number of benzene rings is 2. The molecule has 0 fully saturated rings. The molecule has 1 aliphatic heterocycles. The fourth-order valence-corrected chi connectivity index (χ4v) is 3.35. The van der Waals surface area contributed by atoms with E-state index in [1.54, 1.807) is 24.1 Å². The molecule has 0 aromatic heterocycles. The molecule has 25 heavy (non-hydrogen) atoms. The Morgan fingerprint density at radius 1 is 1.20 bits per heavy atom. The lowest BCUT2D eigenvalue weighted by Gasteiger charge is -2.39. The molecule has 0 saturated heterocycles. The summed E-state index contributed by atoms with van der Waals surface area (Å²) in [5, 5.41) is 22.9. The quantitative estimate of drug-likeness (QED) is 0.799. The lowest BCUT2D eigenvalue weighted by Crippen LogP contribution is -2.52. The lowest BCUT2D eigenvalue weighted by atomic mass is 9.92. The third kappa shape index (κ3) is 2.68. The Morgan fingerprint density at radius 2 is 1.88 bits per heavy atom. The van der Waals surface area contributed by atoms with E-state index in [4.69, 9.17) is 4.74 Å². The number of phenolic OH excluding ortho intramolecular Hbond substituents is 1. The first kappa shape index (κ1) is 17.1. The molecule has 0 bridgehead atoms. The number of nitrogens with one attached hydrogen (secondary N) is 1. The van der Waals surface area contributed by atoms with Crippen LogP contribution in [0.2, 0.25) is 0 Å². The second kappa shape index (κ2) is 5.97. The maximum atomic E-state index is 12.6. The first-order valence-electron chi connectivity index (χ1n) is 8.00. The first-order chi connectivity index (χ1) is 11.8. The highest BCUT2D eigenvalue weighted by Crippen LogP contribution is 2.44. The van der Waals surface area contributed by atoms with Crippen molar-refractivity contribution in [2.75, 3.05) is 24.4 Å². The first-order valence-corrected chi connectivity index (χ1v) is 8.00. The summed E-state index contributed by atoms with van der Waals surface area (Å²) in [4.78, 5) is 14.2. The summed E-state index contributed by atoms with van der Waals surface area (Å²) < 4.78 is 5.37. The third-order valence-electron chi connectivity index (χ3n) is 4.54. The summed E-state index contributed by atoms with van der Waals surface area (Å²) in [6.45, 7) is 3.41. The van der Waals surface area contributed by atoms with Gasteiger partial charge in [-0.25, -0.2) is 0 Å². The molecular weight excluding hydrogens is 320 g/mol. The molecule has 132 valence electrons. The zero-order chi connectivity index (χ0) is 18.4. The van der Waals surface area contributed by atoms with Gasteiger partial charge in [0.25, 0.3) is 5.91 Å². The number of aliphatic hydroxyl groups is 1. The van der Waals surface area contributed by atoms with Crippen LogP contribution in [0.5, 0.6) is 11.5 Å². The number of anilines is 2. The largest absolute Gasteiger partial charge is 0.508 e. The van der Waals surface area contributed by atoms with Gasteiger partial charge in [0.05, 0.1) is 25.1 Å².